The number of nitrogens with zero attached hydrogens (tertiary/aromatic N) is 2. The van der Waals surface area contributed by atoms with Crippen molar-refractivity contribution < 1.29 is 9.53 Å². The van der Waals surface area contributed by atoms with Gasteiger partial charge in [-0.1, -0.05) is 6.07 Å². The predicted molar refractivity (Wildman–Crippen MR) is 101 cm³/mol. The van der Waals surface area contributed by atoms with Gasteiger partial charge in [0.15, 0.2) is 0 Å². The molecule has 5 nitrogen and oxygen atoms in total. The lowest BCUT2D eigenvalue weighted by molar-refractivity contribution is -0.173. The van der Waals surface area contributed by atoms with Crippen LogP contribution < -0.4 is 10.5 Å². The van der Waals surface area contributed by atoms with Crippen LogP contribution in [0.3, 0.4) is 0 Å². The average molecular weight is 365 g/mol. The first-order valence-corrected chi connectivity index (χ1v) is 9.76. The van der Waals surface area contributed by atoms with Crippen molar-refractivity contribution in [2.24, 2.45) is 17.1 Å². The van der Waals surface area contributed by atoms with Crippen LogP contribution >= 0.6 is 11.3 Å². The Morgan fingerprint density at radius 1 is 1.38 bits per heavy atom. The number of nitrogens with two attached hydrogens (primary N) is 1. The van der Waals surface area contributed by atoms with Gasteiger partial charge in [-0.05, 0) is 43.4 Å². The second-order valence-corrected chi connectivity index (χ2v) is 8.13. The number of pyridine rings is 1. The third-order valence-electron chi connectivity index (χ3n) is 5.95. The first-order chi connectivity index (χ1) is 12.6. The number of amides is 1. The van der Waals surface area contributed by atoms with Crippen LogP contribution in [0.25, 0.3) is 21.5 Å². The number of fused-ring (bicyclic) bond motifs is 1. The van der Waals surface area contributed by atoms with Gasteiger partial charge < -0.3 is 10.5 Å². The van der Waals surface area contributed by atoms with Crippen molar-refractivity contribution in [3.63, 3.8) is 0 Å². The van der Waals surface area contributed by atoms with Crippen LogP contribution in [0.2, 0.25) is 0 Å². The summed E-state index contributed by atoms with van der Waals surface area (Å²) in [7, 11) is 0. The molecule has 2 bridgehead atoms. The van der Waals surface area contributed by atoms with E-state index in [1.165, 1.54) is 5.56 Å². The fourth-order valence-electron chi connectivity index (χ4n) is 4.59. The molecule has 0 radical (unpaired) electrons. The van der Waals surface area contributed by atoms with E-state index in [9.17, 15) is 4.79 Å². The average Bonchev–Trinajstić information content (AvgIpc) is 3.07. The zero-order valence-corrected chi connectivity index (χ0v) is 15.3. The molecule has 6 rings (SSSR count). The number of carbonyl (C=O) groups excluding carboxylic acids is 1. The van der Waals surface area contributed by atoms with E-state index in [-0.39, 0.29) is 17.2 Å². The number of hydrogen-bond acceptors (Lipinski definition) is 5. The minimum absolute atomic E-state index is 0.159. The highest BCUT2D eigenvalue weighted by molar-refractivity contribution is 7.13. The quantitative estimate of drug-likeness (QED) is 0.747. The van der Waals surface area contributed by atoms with Crippen molar-refractivity contribution in [1.29, 1.82) is 0 Å². The van der Waals surface area contributed by atoms with Crippen molar-refractivity contribution in [2.45, 2.75) is 25.7 Å². The van der Waals surface area contributed by atoms with E-state index in [2.05, 4.69) is 17.1 Å². The Morgan fingerprint density at radius 2 is 2.23 bits per heavy atom. The van der Waals surface area contributed by atoms with Crippen LogP contribution in [0.15, 0.2) is 36.0 Å². The summed E-state index contributed by atoms with van der Waals surface area (Å²) < 4.78 is 5.91. The van der Waals surface area contributed by atoms with Gasteiger partial charge in [-0.15, -0.1) is 11.3 Å². The van der Waals surface area contributed by atoms with E-state index in [0.717, 1.165) is 40.1 Å². The van der Waals surface area contributed by atoms with Gasteiger partial charge in [-0.25, -0.2) is 4.98 Å². The Bertz CT molecular complexity index is 1010. The van der Waals surface area contributed by atoms with Crippen LogP contribution in [0.1, 0.15) is 31.2 Å². The van der Waals surface area contributed by atoms with E-state index in [0.29, 0.717) is 12.5 Å². The van der Waals surface area contributed by atoms with Gasteiger partial charge in [0.25, 0.3) is 0 Å². The Morgan fingerprint density at radius 3 is 2.85 bits per heavy atom. The minimum Gasteiger partial charge on any atom is -0.493 e. The molecule has 3 fully saturated rings. The van der Waals surface area contributed by atoms with Crippen molar-refractivity contribution in [1.82, 2.24) is 9.97 Å². The summed E-state index contributed by atoms with van der Waals surface area (Å²) in [6, 6.07) is 8.24. The molecule has 0 spiro atoms. The lowest BCUT2D eigenvalue weighted by Crippen LogP contribution is -2.65. The van der Waals surface area contributed by atoms with Crippen molar-refractivity contribution >= 4 is 28.1 Å². The summed E-state index contributed by atoms with van der Waals surface area (Å²) in [6.45, 7) is 2.56. The molecule has 26 heavy (non-hydrogen) atoms. The third-order valence-corrected chi connectivity index (χ3v) is 6.74. The first-order valence-electron chi connectivity index (χ1n) is 8.88. The highest BCUT2D eigenvalue weighted by Gasteiger charge is 2.69. The molecule has 3 aromatic rings. The summed E-state index contributed by atoms with van der Waals surface area (Å²) in [4.78, 5) is 21.9. The molecule has 3 saturated carbocycles. The molecular formula is C20H19N3O2S. The number of hydrogen-bond donors (Lipinski definition) is 1. The van der Waals surface area contributed by atoms with E-state index < -0.39 is 0 Å². The Hall–Kier alpha value is -2.47. The Kier molecular flexibility index (Phi) is 3.34. The summed E-state index contributed by atoms with van der Waals surface area (Å²) in [5.41, 5.74) is 10.1. The predicted octanol–water partition coefficient (Wildman–Crippen LogP) is 3.74. The molecule has 1 unspecified atom stereocenters. The van der Waals surface area contributed by atoms with Crippen LogP contribution in [0, 0.1) is 11.3 Å². The molecule has 132 valence electrons. The molecule has 2 heterocycles. The van der Waals surface area contributed by atoms with Gasteiger partial charge in [0.05, 0.1) is 33.6 Å². The topological polar surface area (TPSA) is 78.1 Å². The number of rotatable bonds is 5. The summed E-state index contributed by atoms with van der Waals surface area (Å²) in [5, 5.41) is 0.989. The largest absolute Gasteiger partial charge is 0.493 e. The summed E-state index contributed by atoms with van der Waals surface area (Å²) in [5.74, 6) is 1.50. The monoisotopic (exact) mass is 365 g/mol. The molecule has 3 aliphatic rings. The maximum Gasteiger partial charge on any atom is 0.224 e. The van der Waals surface area contributed by atoms with Crippen molar-refractivity contribution in [3.8, 4) is 16.3 Å². The van der Waals surface area contributed by atoms with Gasteiger partial charge in [0.1, 0.15) is 5.75 Å². The number of benzene rings is 1. The van der Waals surface area contributed by atoms with Crippen molar-refractivity contribution in [3.05, 3.63) is 41.5 Å². The van der Waals surface area contributed by atoms with Crippen LogP contribution in [-0.2, 0) is 4.79 Å². The second kappa shape index (κ2) is 5.51. The van der Waals surface area contributed by atoms with E-state index in [1.54, 1.807) is 16.8 Å². The van der Waals surface area contributed by atoms with Gasteiger partial charge >= 0.3 is 0 Å². The number of ether oxygens (including phenoxy) is 1. The zero-order chi connectivity index (χ0) is 17.9. The van der Waals surface area contributed by atoms with Gasteiger partial charge in [-0.3, -0.25) is 9.78 Å². The molecule has 1 atom stereocenters. The van der Waals surface area contributed by atoms with Crippen LogP contribution in [0.4, 0.5) is 0 Å². The molecule has 2 aromatic heterocycles. The smallest absolute Gasteiger partial charge is 0.224 e. The van der Waals surface area contributed by atoms with Crippen molar-refractivity contribution in [2.75, 3.05) is 6.61 Å². The molecular weight excluding hydrogens is 346 g/mol. The molecule has 3 aliphatic carbocycles. The zero-order valence-electron chi connectivity index (χ0n) is 14.4. The molecule has 0 saturated heterocycles. The van der Waals surface area contributed by atoms with E-state index >= 15 is 0 Å². The Labute approximate surface area is 155 Å². The normalized spacial score (nSPS) is 26.2. The number of primary amides is 1. The second-order valence-electron chi connectivity index (χ2n) is 7.25. The van der Waals surface area contributed by atoms with E-state index in [4.69, 9.17) is 15.5 Å². The maximum absolute atomic E-state index is 11.9. The minimum atomic E-state index is -0.319. The van der Waals surface area contributed by atoms with Gasteiger partial charge in [-0.2, -0.15) is 0 Å². The number of thiazole rings is 1. The molecule has 0 aliphatic heterocycles. The van der Waals surface area contributed by atoms with E-state index in [1.807, 2.05) is 25.3 Å². The van der Waals surface area contributed by atoms with Crippen LogP contribution in [0.5, 0.6) is 5.75 Å². The lowest BCUT2D eigenvalue weighted by atomic mass is 9.36. The molecule has 1 amide bonds. The highest BCUT2D eigenvalue weighted by atomic mass is 32.1. The number of carbonyl (C=O) groups is 1. The van der Waals surface area contributed by atoms with Crippen LogP contribution in [-0.4, -0.2) is 22.5 Å². The number of aromatic nitrogens is 2. The van der Waals surface area contributed by atoms with Gasteiger partial charge in [0.2, 0.25) is 5.91 Å². The molecule has 6 heteroatoms. The first kappa shape index (κ1) is 15.8. The Balaban J connectivity index is 1.61. The molecule has 2 N–H and O–H groups in total. The highest BCUT2D eigenvalue weighted by Crippen LogP contribution is 2.73. The summed E-state index contributed by atoms with van der Waals surface area (Å²) in [6.07, 6.45) is 3.69. The summed E-state index contributed by atoms with van der Waals surface area (Å²) >= 11 is 1.56. The fourth-order valence-corrected chi connectivity index (χ4v) is 5.17. The standard InChI is InChI=1S/C20H19N3O2S/c1-2-25-16-6-15(17-9-22-10-26-17)23-14-4-3-11(5-13(14)16)18-12-7-20(18,8-12)19(21)24/h3-6,9-10,12,18H,2,7-8H2,1H3,(H2,21,24). The maximum atomic E-state index is 11.9. The SMILES string of the molecule is CCOc1cc(-c2cncs2)nc2ccc(C3C4CC3(C(N)=O)C4)cc12. The lowest BCUT2D eigenvalue weighted by Gasteiger charge is -2.66. The molecule has 1 aromatic carbocycles. The fraction of sp³-hybridized carbons (Fsp3) is 0.350. The van der Waals surface area contributed by atoms with Gasteiger partial charge in [0, 0.05) is 23.6 Å². The third kappa shape index (κ3) is 2.05.